The quantitative estimate of drug-likeness (QED) is 0.677. The topological polar surface area (TPSA) is 98.6 Å². The number of aromatic nitrogens is 3. The van der Waals surface area contributed by atoms with Crippen LogP contribution in [0.4, 0.5) is 5.95 Å². The average Bonchev–Trinajstić information content (AvgIpc) is 3.51. The molecule has 9 nitrogen and oxygen atoms in total. The second kappa shape index (κ2) is 8.83. The van der Waals surface area contributed by atoms with Crippen molar-refractivity contribution in [2.75, 3.05) is 44.1 Å². The Balaban J connectivity index is 1.36. The van der Waals surface area contributed by atoms with E-state index >= 15 is 0 Å². The summed E-state index contributed by atoms with van der Waals surface area (Å²) < 4.78 is 12.6. The highest BCUT2D eigenvalue weighted by Gasteiger charge is 2.32. The monoisotopic (exact) mass is 417 g/mol. The van der Waals surface area contributed by atoms with E-state index in [1.54, 1.807) is 31.4 Å². The highest BCUT2D eigenvalue weighted by Crippen LogP contribution is 2.41. The Bertz CT molecular complexity index is 875. The van der Waals surface area contributed by atoms with Gasteiger partial charge in [0.05, 0.1) is 26.1 Å². The molecule has 4 rings (SSSR count). The Morgan fingerprint density at radius 1 is 1.21 bits per heavy atom. The number of nitrogens with one attached hydrogen (secondary N) is 1. The average molecular weight is 417 g/mol. The fraction of sp³-hybridized carbons (Fsp3) is 0.474. The Kier molecular flexibility index (Phi) is 6.00. The van der Waals surface area contributed by atoms with E-state index in [-0.39, 0.29) is 11.7 Å². The van der Waals surface area contributed by atoms with Gasteiger partial charge in [0.25, 0.3) is 5.91 Å². The lowest BCUT2D eigenvalue weighted by atomic mass is 10.2. The number of carbonyl (C=O) groups is 2. The first kappa shape index (κ1) is 19.7. The standard InChI is InChI=1S/C19H23N5O4S/c1-27-15-6-2-13(3-7-15)17(26)20-16(25)12-29-19-22-21-18(24(19)14-4-5-14)23-8-10-28-11-9-23/h2-3,6-7,14H,4-5,8-12H2,1H3,(H,20,25,26). The second-order valence-corrected chi connectivity index (χ2v) is 7.82. The zero-order valence-electron chi connectivity index (χ0n) is 16.2. The predicted octanol–water partition coefficient (Wildman–Crippen LogP) is 1.51. The number of hydrogen-bond donors (Lipinski definition) is 1. The number of thioether (sulfide) groups is 1. The van der Waals surface area contributed by atoms with Gasteiger partial charge in [-0.2, -0.15) is 0 Å². The Labute approximate surface area is 172 Å². The van der Waals surface area contributed by atoms with Gasteiger partial charge in [-0.1, -0.05) is 11.8 Å². The summed E-state index contributed by atoms with van der Waals surface area (Å²) in [5.74, 6) is 0.785. The maximum atomic E-state index is 12.3. The first-order valence-corrected chi connectivity index (χ1v) is 10.5. The lowest BCUT2D eigenvalue weighted by Gasteiger charge is -2.27. The van der Waals surface area contributed by atoms with Crippen molar-refractivity contribution in [1.82, 2.24) is 20.1 Å². The predicted molar refractivity (Wildman–Crippen MR) is 108 cm³/mol. The third-order valence-corrected chi connectivity index (χ3v) is 5.73. The molecule has 2 heterocycles. The van der Waals surface area contributed by atoms with Crippen LogP contribution in [-0.4, -0.2) is 65.7 Å². The van der Waals surface area contributed by atoms with Gasteiger partial charge in [0.1, 0.15) is 5.75 Å². The summed E-state index contributed by atoms with van der Waals surface area (Å²) in [5.41, 5.74) is 0.403. The minimum absolute atomic E-state index is 0.0931. The zero-order valence-corrected chi connectivity index (χ0v) is 17.0. The number of methoxy groups -OCH3 is 1. The van der Waals surface area contributed by atoms with Gasteiger partial charge in [0.2, 0.25) is 11.9 Å². The van der Waals surface area contributed by atoms with Crippen LogP contribution in [0.2, 0.25) is 0 Å². The largest absolute Gasteiger partial charge is 0.497 e. The fourth-order valence-corrected chi connectivity index (χ4v) is 3.91. The Morgan fingerprint density at radius 2 is 1.93 bits per heavy atom. The summed E-state index contributed by atoms with van der Waals surface area (Å²) in [6.45, 7) is 2.92. The number of carbonyl (C=O) groups excluding carboxylic acids is 2. The van der Waals surface area contributed by atoms with E-state index in [9.17, 15) is 9.59 Å². The Hall–Kier alpha value is -2.59. The molecular formula is C19H23N5O4S. The van der Waals surface area contributed by atoms with Crippen LogP contribution in [0, 0.1) is 0 Å². The molecule has 0 unspecified atom stereocenters. The summed E-state index contributed by atoms with van der Waals surface area (Å²) >= 11 is 1.30. The van der Waals surface area contributed by atoms with E-state index in [0.29, 0.717) is 35.7 Å². The van der Waals surface area contributed by atoms with Gasteiger partial charge < -0.3 is 14.4 Å². The maximum absolute atomic E-state index is 12.3. The minimum Gasteiger partial charge on any atom is -0.497 e. The molecule has 1 saturated heterocycles. The molecule has 1 aliphatic carbocycles. The lowest BCUT2D eigenvalue weighted by molar-refractivity contribution is -0.117. The fourth-order valence-electron chi connectivity index (χ4n) is 3.11. The highest BCUT2D eigenvalue weighted by atomic mass is 32.2. The van der Waals surface area contributed by atoms with Gasteiger partial charge in [-0.3, -0.25) is 19.5 Å². The number of benzene rings is 1. The molecule has 29 heavy (non-hydrogen) atoms. The number of rotatable bonds is 7. The first-order chi connectivity index (χ1) is 14.2. The molecule has 154 valence electrons. The maximum Gasteiger partial charge on any atom is 0.257 e. The molecule has 0 radical (unpaired) electrons. The van der Waals surface area contributed by atoms with Gasteiger partial charge in [0, 0.05) is 24.7 Å². The SMILES string of the molecule is COc1ccc(C(=O)NC(=O)CSc2nnc(N3CCOCC3)n2C2CC2)cc1. The highest BCUT2D eigenvalue weighted by molar-refractivity contribution is 7.99. The molecule has 10 heteroatoms. The molecule has 2 aliphatic rings. The summed E-state index contributed by atoms with van der Waals surface area (Å²) in [7, 11) is 1.56. The van der Waals surface area contributed by atoms with Gasteiger partial charge in [-0.15, -0.1) is 10.2 Å². The van der Waals surface area contributed by atoms with Crippen LogP contribution >= 0.6 is 11.8 Å². The summed E-state index contributed by atoms with van der Waals surface area (Å²) in [6.07, 6.45) is 2.18. The second-order valence-electron chi connectivity index (χ2n) is 6.88. The van der Waals surface area contributed by atoms with Crippen LogP contribution in [0.3, 0.4) is 0 Å². The summed E-state index contributed by atoms with van der Waals surface area (Å²) in [5, 5.41) is 11.8. The Morgan fingerprint density at radius 3 is 2.59 bits per heavy atom. The summed E-state index contributed by atoms with van der Waals surface area (Å²) in [4.78, 5) is 26.7. The third kappa shape index (κ3) is 4.70. The third-order valence-electron chi connectivity index (χ3n) is 4.79. The zero-order chi connectivity index (χ0) is 20.2. The van der Waals surface area contributed by atoms with Crippen molar-refractivity contribution in [3.8, 4) is 5.75 Å². The van der Waals surface area contributed by atoms with Gasteiger partial charge in [0.15, 0.2) is 5.16 Å². The first-order valence-electron chi connectivity index (χ1n) is 9.54. The number of morpholine rings is 1. The van der Waals surface area contributed by atoms with Gasteiger partial charge >= 0.3 is 0 Å². The molecule has 1 N–H and O–H groups in total. The van der Waals surface area contributed by atoms with E-state index < -0.39 is 5.91 Å². The van der Waals surface area contributed by atoms with Crippen molar-refractivity contribution < 1.29 is 19.1 Å². The number of ether oxygens (including phenoxy) is 2. The van der Waals surface area contributed by atoms with Gasteiger partial charge in [-0.25, -0.2) is 0 Å². The van der Waals surface area contributed by atoms with Crippen LogP contribution in [0.15, 0.2) is 29.4 Å². The smallest absolute Gasteiger partial charge is 0.257 e. The molecule has 1 saturated carbocycles. The van der Waals surface area contributed by atoms with Crippen LogP contribution in [-0.2, 0) is 9.53 Å². The molecular weight excluding hydrogens is 394 g/mol. The number of nitrogens with zero attached hydrogens (tertiary/aromatic N) is 4. The van der Waals surface area contributed by atoms with Crippen molar-refractivity contribution >= 4 is 29.5 Å². The van der Waals surface area contributed by atoms with Crippen molar-refractivity contribution in [3.05, 3.63) is 29.8 Å². The van der Waals surface area contributed by atoms with Crippen molar-refractivity contribution in [1.29, 1.82) is 0 Å². The number of amides is 2. The van der Waals surface area contributed by atoms with E-state index in [1.807, 2.05) is 0 Å². The number of hydrogen-bond acceptors (Lipinski definition) is 8. The van der Waals surface area contributed by atoms with Gasteiger partial charge in [-0.05, 0) is 37.1 Å². The summed E-state index contributed by atoms with van der Waals surface area (Å²) in [6, 6.07) is 6.98. The number of anilines is 1. The van der Waals surface area contributed by atoms with Crippen LogP contribution < -0.4 is 15.0 Å². The van der Waals surface area contributed by atoms with Crippen molar-refractivity contribution in [2.45, 2.75) is 24.0 Å². The molecule has 0 bridgehead atoms. The molecule has 2 fully saturated rings. The molecule has 1 aromatic heterocycles. The van der Waals surface area contributed by atoms with E-state index in [0.717, 1.165) is 31.9 Å². The van der Waals surface area contributed by atoms with E-state index in [2.05, 4.69) is 25.0 Å². The molecule has 1 aliphatic heterocycles. The molecule has 0 atom stereocenters. The van der Waals surface area contributed by atoms with Crippen LogP contribution in [0.25, 0.3) is 0 Å². The minimum atomic E-state index is -0.434. The lowest BCUT2D eigenvalue weighted by Crippen LogP contribution is -2.38. The molecule has 0 spiro atoms. The van der Waals surface area contributed by atoms with E-state index in [1.165, 1.54) is 11.8 Å². The van der Waals surface area contributed by atoms with Crippen molar-refractivity contribution in [3.63, 3.8) is 0 Å². The number of imide groups is 1. The van der Waals surface area contributed by atoms with Crippen LogP contribution in [0.5, 0.6) is 5.75 Å². The van der Waals surface area contributed by atoms with E-state index in [4.69, 9.17) is 9.47 Å². The molecule has 2 aromatic rings. The van der Waals surface area contributed by atoms with Crippen LogP contribution in [0.1, 0.15) is 29.2 Å². The van der Waals surface area contributed by atoms with Crippen molar-refractivity contribution in [2.24, 2.45) is 0 Å². The normalized spacial score (nSPS) is 16.5. The molecule has 1 aromatic carbocycles. The molecule has 2 amide bonds.